The zero-order valence-corrected chi connectivity index (χ0v) is 16.1. The van der Waals surface area contributed by atoms with Gasteiger partial charge in [0.15, 0.2) is 5.76 Å². The van der Waals surface area contributed by atoms with E-state index in [0.29, 0.717) is 35.9 Å². The fourth-order valence-electron chi connectivity index (χ4n) is 4.20. The molecule has 0 bridgehead atoms. The third-order valence-corrected chi connectivity index (χ3v) is 5.64. The third-order valence-electron chi connectivity index (χ3n) is 5.64. The molecule has 2 aliphatic rings. The maximum Gasteiger partial charge on any atom is 0.291 e. The summed E-state index contributed by atoms with van der Waals surface area (Å²) in [6, 6.07) is 3.68. The third kappa shape index (κ3) is 2.61. The predicted molar refractivity (Wildman–Crippen MR) is 104 cm³/mol. The van der Waals surface area contributed by atoms with Gasteiger partial charge in [0, 0.05) is 25.1 Å². The summed E-state index contributed by atoms with van der Waals surface area (Å²) in [5.74, 6) is 0.670. The van der Waals surface area contributed by atoms with Crippen LogP contribution in [0.2, 0.25) is 0 Å². The number of nitrogens with two attached hydrogens (primary N) is 1. The highest BCUT2D eigenvalue weighted by molar-refractivity contribution is 6.06. The first kappa shape index (κ1) is 17.3. The van der Waals surface area contributed by atoms with Crippen LogP contribution < -0.4 is 5.73 Å². The first-order valence-corrected chi connectivity index (χ1v) is 9.65. The maximum absolute atomic E-state index is 12.9. The number of carbonyl (C=O) groups excluding carboxylic acids is 1. The molecule has 146 valence electrons. The Morgan fingerprint density at radius 1 is 1.25 bits per heavy atom. The number of nitrogens with zero attached hydrogens (tertiary/aromatic N) is 2. The van der Waals surface area contributed by atoms with E-state index in [-0.39, 0.29) is 17.3 Å². The molecule has 2 N–H and O–H groups in total. The Hall–Kier alpha value is -2.80. The van der Waals surface area contributed by atoms with Gasteiger partial charge in [-0.25, -0.2) is 4.98 Å². The maximum atomic E-state index is 12.9. The van der Waals surface area contributed by atoms with E-state index in [1.807, 2.05) is 26.0 Å². The molecule has 7 heteroatoms. The van der Waals surface area contributed by atoms with Crippen molar-refractivity contribution in [3.63, 3.8) is 0 Å². The van der Waals surface area contributed by atoms with Gasteiger partial charge in [-0.1, -0.05) is 0 Å². The molecule has 1 saturated heterocycles. The lowest BCUT2D eigenvalue weighted by molar-refractivity contribution is -0.0395. The van der Waals surface area contributed by atoms with E-state index in [1.165, 1.54) is 0 Å². The number of hydrogen-bond acceptors (Lipinski definition) is 6. The lowest BCUT2D eigenvalue weighted by Crippen LogP contribution is -2.32. The van der Waals surface area contributed by atoms with Gasteiger partial charge in [-0.3, -0.25) is 4.79 Å². The Labute approximate surface area is 162 Å². The minimum Gasteiger partial charge on any atom is -0.463 e. The fourth-order valence-corrected chi connectivity index (χ4v) is 4.20. The van der Waals surface area contributed by atoms with E-state index in [0.717, 1.165) is 42.4 Å². The first-order valence-electron chi connectivity index (χ1n) is 9.65. The molecule has 0 atom stereocenters. The summed E-state index contributed by atoms with van der Waals surface area (Å²) in [4.78, 5) is 19.4. The van der Waals surface area contributed by atoms with Gasteiger partial charge >= 0.3 is 0 Å². The van der Waals surface area contributed by atoms with Gasteiger partial charge in [0.25, 0.3) is 5.91 Å². The molecule has 5 heterocycles. The molecule has 3 aromatic rings. The molecule has 0 aliphatic carbocycles. The molecule has 5 rings (SSSR count). The molecule has 1 fully saturated rings. The second kappa shape index (κ2) is 6.10. The summed E-state index contributed by atoms with van der Waals surface area (Å²) >= 11 is 0. The Morgan fingerprint density at radius 2 is 2.04 bits per heavy atom. The summed E-state index contributed by atoms with van der Waals surface area (Å²) in [6.45, 7) is 5.96. The summed E-state index contributed by atoms with van der Waals surface area (Å²) < 4.78 is 17.5. The highest BCUT2D eigenvalue weighted by Crippen LogP contribution is 2.42. The molecule has 2 aliphatic heterocycles. The minimum absolute atomic E-state index is 0.160. The van der Waals surface area contributed by atoms with Crippen LogP contribution in [0.4, 0.5) is 5.69 Å². The number of anilines is 1. The lowest BCUT2D eigenvalue weighted by Gasteiger charge is -2.32. The van der Waals surface area contributed by atoms with E-state index in [9.17, 15) is 4.79 Å². The number of carbonyl (C=O) groups is 1. The van der Waals surface area contributed by atoms with Gasteiger partial charge in [-0.2, -0.15) is 0 Å². The van der Waals surface area contributed by atoms with Crippen molar-refractivity contribution in [2.45, 2.75) is 45.3 Å². The van der Waals surface area contributed by atoms with Crippen LogP contribution in [0.1, 0.15) is 48.4 Å². The van der Waals surface area contributed by atoms with Crippen LogP contribution in [0.3, 0.4) is 0 Å². The number of amides is 1. The molecule has 0 saturated carbocycles. The fraction of sp³-hybridized carbons (Fsp3) is 0.429. The van der Waals surface area contributed by atoms with Gasteiger partial charge < -0.3 is 24.2 Å². The number of hydrogen-bond donors (Lipinski definition) is 1. The van der Waals surface area contributed by atoms with E-state index in [1.54, 1.807) is 11.2 Å². The molecule has 0 spiro atoms. The smallest absolute Gasteiger partial charge is 0.291 e. The van der Waals surface area contributed by atoms with Crippen molar-refractivity contribution in [3.8, 4) is 11.5 Å². The Bertz CT molecular complexity index is 1060. The standard InChI is InChI=1S/C21H23N3O4/c1-21(2)10-12-13(11-27-21)17(14-6-5-9-26-14)23-19-15(12)16(22)18(28-19)20(25)24-7-3-4-8-24/h5-6,9H,3-4,7-8,10-11,22H2,1-2H3. The zero-order chi connectivity index (χ0) is 19.5. The van der Waals surface area contributed by atoms with E-state index in [4.69, 9.17) is 19.3 Å². The van der Waals surface area contributed by atoms with E-state index in [2.05, 4.69) is 4.98 Å². The molecule has 3 aromatic heterocycles. The van der Waals surface area contributed by atoms with Crippen molar-refractivity contribution in [3.05, 3.63) is 35.3 Å². The molecule has 0 radical (unpaired) electrons. The molecule has 7 nitrogen and oxygen atoms in total. The van der Waals surface area contributed by atoms with Crippen LogP contribution in [0, 0.1) is 0 Å². The Balaban J connectivity index is 1.73. The molecule has 0 unspecified atom stereocenters. The molecule has 1 amide bonds. The SMILES string of the molecule is CC1(C)Cc2c(c(-c3ccco3)nc3oc(C(=O)N4CCCC4)c(N)c23)CO1. The van der Waals surface area contributed by atoms with E-state index < -0.39 is 0 Å². The topological polar surface area (TPSA) is 94.7 Å². The average Bonchev–Trinajstić information content (AvgIpc) is 3.41. The van der Waals surface area contributed by atoms with E-state index >= 15 is 0 Å². The van der Waals surface area contributed by atoms with Crippen LogP contribution >= 0.6 is 0 Å². The zero-order valence-electron chi connectivity index (χ0n) is 16.1. The Kier molecular flexibility index (Phi) is 3.77. The van der Waals surface area contributed by atoms with Crippen molar-refractivity contribution < 1.29 is 18.4 Å². The van der Waals surface area contributed by atoms with Crippen LogP contribution in [-0.2, 0) is 17.8 Å². The van der Waals surface area contributed by atoms with Crippen LogP contribution in [0.5, 0.6) is 0 Å². The largest absolute Gasteiger partial charge is 0.463 e. The monoisotopic (exact) mass is 381 g/mol. The van der Waals surface area contributed by atoms with Crippen LogP contribution in [-0.4, -0.2) is 34.5 Å². The summed E-state index contributed by atoms with van der Waals surface area (Å²) in [5.41, 5.74) is 9.49. The summed E-state index contributed by atoms with van der Waals surface area (Å²) in [6.07, 6.45) is 4.28. The minimum atomic E-state index is -0.343. The predicted octanol–water partition coefficient (Wildman–Crippen LogP) is 3.76. The first-order chi connectivity index (χ1) is 13.4. The highest BCUT2D eigenvalue weighted by atomic mass is 16.5. The quantitative estimate of drug-likeness (QED) is 0.726. The molecule has 0 aromatic carbocycles. The molecular weight excluding hydrogens is 358 g/mol. The highest BCUT2D eigenvalue weighted by Gasteiger charge is 2.35. The summed E-state index contributed by atoms with van der Waals surface area (Å²) in [7, 11) is 0. The number of likely N-dealkylation sites (tertiary alicyclic amines) is 1. The van der Waals surface area contributed by atoms with Crippen molar-refractivity contribution >= 4 is 22.7 Å². The second-order valence-corrected chi connectivity index (χ2v) is 8.14. The summed E-state index contributed by atoms with van der Waals surface area (Å²) in [5, 5.41) is 0.726. The van der Waals surface area contributed by atoms with Gasteiger partial charge in [-0.15, -0.1) is 0 Å². The lowest BCUT2D eigenvalue weighted by atomic mass is 9.88. The number of ether oxygens (including phenoxy) is 1. The number of fused-ring (bicyclic) bond motifs is 3. The van der Waals surface area contributed by atoms with Gasteiger partial charge in [-0.05, 0) is 44.4 Å². The van der Waals surface area contributed by atoms with Gasteiger partial charge in [0.2, 0.25) is 11.5 Å². The number of rotatable bonds is 2. The van der Waals surface area contributed by atoms with Crippen molar-refractivity contribution in [2.75, 3.05) is 18.8 Å². The number of nitrogen functional groups attached to an aromatic ring is 1. The van der Waals surface area contributed by atoms with Crippen molar-refractivity contribution in [2.24, 2.45) is 0 Å². The van der Waals surface area contributed by atoms with Crippen LogP contribution in [0.25, 0.3) is 22.6 Å². The van der Waals surface area contributed by atoms with Crippen molar-refractivity contribution in [1.82, 2.24) is 9.88 Å². The normalized spacial score (nSPS) is 18.6. The second-order valence-electron chi connectivity index (χ2n) is 8.14. The average molecular weight is 381 g/mol. The van der Waals surface area contributed by atoms with Crippen molar-refractivity contribution in [1.29, 1.82) is 0 Å². The number of pyridine rings is 1. The van der Waals surface area contributed by atoms with Gasteiger partial charge in [0.05, 0.1) is 29.5 Å². The Morgan fingerprint density at radius 3 is 2.75 bits per heavy atom. The molecular formula is C21H23N3O4. The van der Waals surface area contributed by atoms with Crippen LogP contribution in [0.15, 0.2) is 27.2 Å². The molecule has 28 heavy (non-hydrogen) atoms. The van der Waals surface area contributed by atoms with Gasteiger partial charge in [0.1, 0.15) is 5.69 Å². The number of furan rings is 2. The number of aromatic nitrogens is 1.